The molecule has 0 aliphatic heterocycles. The number of nitro groups is 2. The van der Waals surface area contributed by atoms with Gasteiger partial charge >= 0.3 is 0 Å². The van der Waals surface area contributed by atoms with E-state index in [4.69, 9.17) is 11.6 Å². The Balaban J connectivity index is 1.70. The van der Waals surface area contributed by atoms with Gasteiger partial charge in [-0.3, -0.25) is 25.0 Å². The minimum absolute atomic E-state index is 0.106. The topological polar surface area (TPSA) is 128 Å². The van der Waals surface area contributed by atoms with Gasteiger partial charge in [-0.1, -0.05) is 29.4 Å². The molecular weight excluding hydrogens is 444 g/mol. The third-order valence-electron chi connectivity index (χ3n) is 3.94. The highest BCUT2D eigenvalue weighted by Crippen LogP contribution is 2.35. The molecule has 0 unspecified atom stereocenters. The van der Waals surface area contributed by atoms with E-state index in [-0.39, 0.29) is 16.9 Å². The van der Waals surface area contributed by atoms with Crippen LogP contribution < -0.4 is 5.43 Å². The quantitative estimate of drug-likeness (QED) is 0.300. The normalized spacial score (nSPS) is 10.7. The first kappa shape index (κ1) is 21.9. The van der Waals surface area contributed by atoms with Gasteiger partial charge in [-0.2, -0.15) is 5.10 Å². The zero-order valence-corrected chi connectivity index (χ0v) is 17.2. The number of hydrogen-bond donors (Lipinski definition) is 1. The van der Waals surface area contributed by atoms with E-state index in [2.05, 4.69) is 10.5 Å². The Kier molecular flexibility index (Phi) is 6.96. The standard InChI is InChI=1S/C20H13ClN4O5S/c21-15-4-8-17(9-5-15)31-19-10-1-13(11-18(19)25(29)30)12-22-23-20(26)14-2-6-16(7-3-14)24(27)28/h1-12H,(H,23,26)/b22-12+. The molecule has 0 aliphatic carbocycles. The molecule has 11 heteroatoms. The summed E-state index contributed by atoms with van der Waals surface area (Å²) in [5.74, 6) is -0.574. The highest BCUT2D eigenvalue weighted by molar-refractivity contribution is 7.99. The predicted molar refractivity (Wildman–Crippen MR) is 117 cm³/mol. The molecule has 31 heavy (non-hydrogen) atoms. The van der Waals surface area contributed by atoms with Crippen molar-refractivity contribution in [2.24, 2.45) is 5.10 Å². The Morgan fingerprint density at radius 2 is 1.65 bits per heavy atom. The van der Waals surface area contributed by atoms with Gasteiger partial charge in [0.15, 0.2) is 0 Å². The smallest absolute Gasteiger partial charge is 0.267 e. The summed E-state index contributed by atoms with van der Waals surface area (Å²) in [6, 6.07) is 16.5. The fourth-order valence-electron chi connectivity index (χ4n) is 2.44. The molecule has 0 fully saturated rings. The number of carbonyl (C=O) groups is 1. The van der Waals surface area contributed by atoms with Crippen molar-refractivity contribution in [3.63, 3.8) is 0 Å². The van der Waals surface area contributed by atoms with Crippen molar-refractivity contribution in [2.75, 3.05) is 0 Å². The number of nitrogens with zero attached hydrogens (tertiary/aromatic N) is 3. The van der Waals surface area contributed by atoms with E-state index in [1.165, 1.54) is 48.3 Å². The van der Waals surface area contributed by atoms with Crippen LogP contribution in [-0.4, -0.2) is 22.0 Å². The number of rotatable bonds is 7. The van der Waals surface area contributed by atoms with Gasteiger partial charge < -0.3 is 0 Å². The summed E-state index contributed by atoms with van der Waals surface area (Å²) in [5, 5.41) is 26.5. The van der Waals surface area contributed by atoms with Gasteiger partial charge in [-0.05, 0) is 42.5 Å². The van der Waals surface area contributed by atoms with Crippen molar-refractivity contribution < 1.29 is 14.6 Å². The summed E-state index contributed by atoms with van der Waals surface area (Å²) in [5.41, 5.74) is 2.63. The molecule has 0 saturated heterocycles. The number of hydrogen-bond acceptors (Lipinski definition) is 7. The summed E-state index contributed by atoms with van der Waals surface area (Å²) < 4.78 is 0. The highest BCUT2D eigenvalue weighted by Gasteiger charge is 2.15. The molecule has 0 spiro atoms. The monoisotopic (exact) mass is 456 g/mol. The van der Waals surface area contributed by atoms with Crippen LogP contribution in [0.5, 0.6) is 0 Å². The highest BCUT2D eigenvalue weighted by atomic mass is 35.5. The predicted octanol–water partition coefficient (Wildman–Crippen LogP) is 5.07. The number of halogens is 1. The molecule has 0 aliphatic rings. The lowest BCUT2D eigenvalue weighted by Crippen LogP contribution is -2.17. The molecule has 156 valence electrons. The lowest BCUT2D eigenvalue weighted by Gasteiger charge is -2.04. The summed E-state index contributed by atoms with van der Waals surface area (Å²) >= 11 is 7.08. The van der Waals surface area contributed by atoms with Crippen LogP contribution in [0.25, 0.3) is 0 Å². The van der Waals surface area contributed by atoms with Crippen LogP contribution in [0.1, 0.15) is 15.9 Å². The van der Waals surface area contributed by atoms with Crippen molar-refractivity contribution >= 4 is 46.9 Å². The molecule has 0 saturated carbocycles. The third kappa shape index (κ3) is 5.87. The lowest BCUT2D eigenvalue weighted by atomic mass is 10.2. The molecule has 3 aromatic carbocycles. The minimum atomic E-state index is -0.574. The Morgan fingerprint density at radius 3 is 2.26 bits per heavy atom. The van der Waals surface area contributed by atoms with E-state index in [9.17, 15) is 25.0 Å². The summed E-state index contributed by atoms with van der Waals surface area (Å²) in [6.45, 7) is 0. The summed E-state index contributed by atoms with van der Waals surface area (Å²) in [4.78, 5) is 34.4. The molecule has 0 atom stereocenters. The molecule has 0 bridgehead atoms. The van der Waals surface area contributed by atoms with E-state index in [1.54, 1.807) is 36.4 Å². The van der Waals surface area contributed by atoms with Crippen molar-refractivity contribution in [2.45, 2.75) is 9.79 Å². The summed E-state index contributed by atoms with van der Waals surface area (Å²) in [6.07, 6.45) is 1.27. The van der Waals surface area contributed by atoms with Crippen molar-refractivity contribution in [1.82, 2.24) is 5.43 Å². The number of hydrazone groups is 1. The number of amides is 1. The maximum atomic E-state index is 12.1. The molecule has 0 radical (unpaired) electrons. The Morgan fingerprint density at radius 1 is 0.968 bits per heavy atom. The second-order valence-electron chi connectivity index (χ2n) is 6.04. The van der Waals surface area contributed by atoms with Crippen LogP contribution in [-0.2, 0) is 0 Å². The van der Waals surface area contributed by atoms with E-state index in [0.29, 0.717) is 15.5 Å². The first-order valence-electron chi connectivity index (χ1n) is 8.63. The largest absolute Gasteiger partial charge is 0.283 e. The van der Waals surface area contributed by atoms with Crippen LogP contribution >= 0.6 is 23.4 Å². The van der Waals surface area contributed by atoms with Gasteiger partial charge in [0.25, 0.3) is 17.3 Å². The van der Waals surface area contributed by atoms with E-state index in [1.807, 2.05) is 0 Å². The van der Waals surface area contributed by atoms with Crippen molar-refractivity contribution in [3.8, 4) is 0 Å². The Labute approximate surface area is 185 Å². The van der Waals surface area contributed by atoms with Gasteiger partial charge in [0.2, 0.25) is 0 Å². The van der Waals surface area contributed by atoms with Gasteiger partial charge in [0.05, 0.1) is 21.0 Å². The van der Waals surface area contributed by atoms with Gasteiger partial charge in [0, 0.05) is 39.2 Å². The third-order valence-corrected chi connectivity index (χ3v) is 5.27. The Bertz CT molecular complexity index is 1170. The maximum absolute atomic E-state index is 12.1. The summed E-state index contributed by atoms with van der Waals surface area (Å²) in [7, 11) is 0. The number of benzene rings is 3. The van der Waals surface area contributed by atoms with Gasteiger partial charge in [-0.15, -0.1) is 0 Å². The number of nitro benzene ring substituents is 2. The average molecular weight is 457 g/mol. The molecule has 1 amide bonds. The first-order valence-corrected chi connectivity index (χ1v) is 9.82. The van der Waals surface area contributed by atoms with Crippen LogP contribution in [0.4, 0.5) is 11.4 Å². The van der Waals surface area contributed by atoms with Gasteiger partial charge in [-0.25, -0.2) is 5.43 Å². The van der Waals surface area contributed by atoms with Crippen LogP contribution in [0.2, 0.25) is 5.02 Å². The maximum Gasteiger partial charge on any atom is 0.283 e. The van der Waals surface area contributed by atoms with E-state index >= 15 is 0 Å². The second kappa shape index (κ2) is 9.83. The molecule has 9 nitrogen and oxygen atoms in total. The van der Waals surface area contributed by atoms with Crippen molar-refractivity contribution in [1.29, 1.82) is 0 Å². The lowest BCUT2D eigenvalue weighted by molar-refractivity contribution is -0.387. The zero-order valence-electron chi connectivity index (χ0n) is 15.6. The fourth-order valence-corrected chi connectivity index (χ4v) is 3.46. The van der Waals surface area contributed by atoms with E-state index in [0.717, 1.165) is 4.90 Å². The van der Waals surface area contributed by atoms with Crippen LogP contribution in [0, 0.1) is 20.2 Å². The van der Waals surface area contributed by atoms with Crippen LogP contribution in [0.3, 0.4) is 0 Å². The number of nitrogens with one attached hydrogen (secondary N) is 1. The SMILES string of the molecule is O=C(N/N=C/c1ccc(Sc2ccc(Cl)cc2)c([N+](=O)[O-])c1)c1ccc([N+](=O)[O-])cc1. The molecule has 0 heterocycles. The molecule has 1 N–H and O–H groups in total. The van der Waals surface area contributed by atoms with Crippen LogP contribution in [0.15, 0.2) is 81.6 Å². The Hall–Kier alpha value is -3.76. The molecule has 0 aromatic heterocycles. The van der Waals surface area contributed by atoms with Gasteiger partial charge in [0.1, 0.15) is 0 Å². The molecule has 3 rings (SSSR count). The second-order valence-corrected chi connectivity index (χ2v) is 7.60. The zero-order chi connectivity index (χ0) is 22.4. The average Bonchev–Trinajstić information content (AvgIpc) is 2.76. The minimum Gasteiger partial charge on any atom is -0.267 e. The molecular formula is C20H13ClN4O5S. The first-order chi connectivity index (χ1) is 14.8. The van der Waals surface area contributed by atoms with E-state index < -0.39 is 15.8 Å². The fraction of sp³-hybridized carbons (Fsp3) is 0. The van der Waals surface area contributed by atoms with Crippen molar-refractivity contribution in [3.05, 3.63) is 103 Å². The number of non-ortho nitro benzene ring substituents is 1. The molecule has 3 aromatic rings. The number of carbonyl (C=O) groups excluding carboxylic acids is 1.